The van der Waals surface area contributed by atoms with Crippen LogP contribution in [0.3, 0.4) is 0 Å². The highest BCUT2D eigenvalue weighted by Crippen LogP contribution is 2.34. The maximum atomic E-state index is 13.8. The van der Waals surface area contributed by atoms with Crippen molar-refractivity contribution in [3.63, 3.8) is 0 Å². The fraction of sp³-hybridized carbons (Fsp3) is 0.357. The lowest BCUT2D eigenvalue weighted by atomic mass is 10.0. The third kappa shape index (κ3) is 5.64. The molecule has 190 valence electrons. The van der Waals surface area contributed by atoms with Gasteiger partial charge in [-0.05, 0) is 60.4 Å². The number of furan rings is 1. The van der Waals surface area contributed by atoms with Gasteiger partial charge in [0.25, 0.3) is 5.91 Å². The first-order chi connectivity index (χ1) is 17.5. The van der Waals surface area contributed by atoms with E-state index in [9.17, 15) is 9.59 Å². The van der Waals surface area contributed by atoms with Crippen LogP contribution in [0, 0.1) is 0 Å². The van der Waals surface area contributed by atoms with Gasteiger partial charge >= 0.3 is 0 Å². The number of rotatable bonds is 10. The van der Waals surface area contributed by atoms with Crippen molar-refractivity contribution in [3.05, 3.63) is 77.7 Å². The molecule has 1 atom stereocenters. The summed E-state index contributed by atoms with van der Waals surface area (Å²) in [5.74, 6) is 1.24. The second kappa shape index (κ2) is 11.7. The number of carbonyl (C=O) groups excluding carboxylic acids is 2. The van der Waals surface area contributed by atoms with Crippen LogP contribution in [0.5, 0.6) is 17.2 Å². The Morgan fingerprint density at radius 1 is 0.972 bits per heavy atom. The highest BCUT2D eigenvalue weighted by molar-refractivity contribution is 5.96. The van der Waals surface area contributed by atoms with Crippen LogP contribution in [0.1, 0.15) is 53.4 Å². The molecule has 1 aliphatic rings. The Hall–Kier alpha value is -3.94. The molecule has 8 nitrogen and oxygen atoms in total. The maximum absolute atomic E-state index is 13.8. The van der Waals surface area contributed by atoms with E-state index in [0.29, 0.717) is 22.8 Å². The van der Waals surface area contributed by atoms with E-state index in [-0.39, 0.29) is 24.3 Å². The van der Waals surface area contributed by atoms with Crippen molar-refractivity contribution in [1.29, 1.82) is 0 Å². The summed E-state index contributed by atoms with van der Waals surface area (Å²) in [6.07, 6.45) is 5.45. The smallest absolute Gasteiger partial charge is 0.290 e. The molecule has 1 aromatic heterocycles. The van der Waals surface area contributed by atoms with Crippen molar-refractivity contribution < 1.29 is 28.2 Å². The van der Waals surface area contributed by atoms with Crippen LogP contribution in [0.2, 0.25) is 0 Å². The van der Waals surface area contributed by atoms with Crippen LogP contribution in [-0.4, -0.2) is 44.1 Å². The summed E-state index contributed by atoms with van der Waals surface area (Å²) in [6, 6.07) is 15.1. The van der Waals surface area contributed by atoms with Crippen molar-refractivity contribution >= 4 is 11.8 Å². The van der Waals surface area contributed by atoms with E-state index < -0.39 is 11.9 Å². The number of hydrogen-bond acceptors (Lipinski definition) is 6. The molecule has 2 aromatic carbocycles. The zero-order valence-electron chi connectivity index (χ0n) is 20.9. The number of nitrogens with one attached hydrogen (secondary N) is 1. The summed E-state index contributed by atoms with van der Waals surface area (Å²) in [7, 11) is 4.69. The van der Waals surface area contributed by atoms with Crippen molar-refractivity contribution in [3.8, 4) is 17.2 Å². The number of benzene rings is 2. The van der Waals surface area contributed by atoms with Crippen molar-refractivity contribution in [2.75, 3.05) is 21.3 Å². The van der Waals surface area contributed by atoms with Crippen molar-refractivity contribution in [2.24, 2.45) is 0 Å². The summed E-state index contributed by atoms with van der Waals surface area (Å²) < 4.78 is 21.6. The standard InChI is InChI=1S/C28H32N2O6/c1-33-22-13-10-19(11-14-22)18-30(28(32)24-9-6-16-36-24)26(27(31)29-21-7-4-5-8-21)20-12-15-23(34-2)25(17-20)35-3/h6,9-17,21,26H,4-5,7-8,18H2,1-3H3,(H,29,31)/t26-/m0/s1. The molecule has 2 amide bonds. The second-order valence-electron chi connectivity index (χ2n) is 8.77. The lowest BCUT2D eigenvalue weighted by molar-refractivity contribution is -0.126. The molecule has 0 unspecified atom stereocenters. The molecule has 0 aliphatic heterocycles. The molecule has 1 N–H and O–H groups in total. The molecule has 4 rings (SSSR count). The minimum atomic E-state index is -0.926. The minimum Gasteiger partial charge on any atom is -0.497 e. The summed E-state index contributed by atoms with van der Waals surface area (Å²) in [5, 5.41) is 3.17. The summed E-state index contributed by atoms with van der Waals surface area (Å²) in [5.41, 5.74) is 1.45. The molecule has 0 saturated heterocycles. The topological polar surface area (TPSA) is 90.2 Å². The fourth-order valence-corrected chi connectivity index (χ4v) is 4.60. The van der Waals surface area contributed by atoms with Gasteiger partial charge in [0, 0.05) is 12.6 Å². The normalized spacial score (nSPS) is 14.2. The molecule has 1 heterocycles. The highest BCUT2D eigenvalue weighted by atomic mass is 16.5. The Labute approximate surface area is 211 Å². The molecular weight excluding hydrogens is 460 g/mol. The molecule has 0 radical (unpaired) electrons. The van der Waals surface area contributed by atoms with Crippen LogP contribution >= 0.6 is 0 Å². The molecule has 0 spiro atoms. The Balaban J connectivity index is 1.77. The van der Waals surface area contributed by atoms with Gasteiger partial charge in [0.2, 0.25) is 5.91 Å². The number of methoxy groups -OCH3 is 3. The van der Waals surface area contributed by atoms with E-state index in [2.05, 4.69) is 5.32 Å². The fourth-order valence-electron chi connectivity index (χ4n) is 4.60. The number of hydrogen-bond donors (Lipinski definition) is 1. The Kier molecular flexibility index (Phi) is 8.15. The SMILES string of the molecule is COc1ccc(CN(C(=O)c2ccco2)[C@H](C(=O)NC2CCCC2)c2ccc(OC)c(OC)c2)cc1. The summed E-state index contributed by atoms with van der Waals surface area (Å²) >= 11 is 0. The van der Waals surface area contributed by atoms with Gasteiger partial charge < -0.3 is 28.8 Å². The van der Waals surface area contributed by atoms with Gasteiger partial charge in [0.15, 0.2) is 17.3 Å². The van der Waals surface area contributed by atoms with Crippen LogP contribution in [0.25, 0.3) is 0 Å². The predicted octanol–water partition coefficient (Wildman–Crippen LogP) is 4.75. The summed E-state index contributed by atoms with van der Waals surface area (Å²) in [6.45, 7) is 0.181. The number of ether oxygens (including phenoxy) is 3. The van der Waals surface area contributed by atoms with Crippen LogP contribution in [0.4, 0.5) is 0 Å². The van der Waals surface area contributed by atoms with Crippen LogP contribution in [-0.2, 0) is 11.3 Å². The van der Waals surface area contributed by atoms with Gasteiger partial charge in [0.05, 0.1) is 27.6 Å². The van der Waals surface area contributed by atoms with Crippen molar-refractivity contribution in [2.45, 2.75) is 44.3 Å². The zero-order valence-corrected chi connectivity index (χ0v) is 20.9. The van der Waals surface area contributed by atoms with Crippen LogP contribution in [0.15, 0.2) is 65.3 Å². The van der Waals surface area contributed by atoms with Gasteiger partial charge in [-0.3, -0.25) is 9.59 Å². The Morgan fingerprint density at radius 2 is 1.69 bits per heavy atom. The minimum absolute atomic E-state index is 0.0849. The quantitative estimate of drug-likeness (QED) is 0.439. The van der Waals surface area contributed by atoms with E-state index in [4.69, 9.17) is 18.6 Å². The molecule has 1 fully saturated rings. The zero-order chi connectivity index (χ0) is 25.5. The van der Waals surface area contributed by atoms with E-state index in [0.717, 1.165) is 31.2 Å². The monoisotopic (exact) mass is 492 g/mol. The molecule has 0 bridgehead atoms. The van der Waals surface area contributed by atoms with Crippen LogP contribution < -0.4 is 19.5 Å². The van der Waals surface area contributed by atoms with Gasteiger partial charge in [-0.2, -0.15) is 0 Å². The third-order valence-electron chi connectivity index (χ3n) is 6.49. The lowest BCUT2D eigenvalue weighted by Crippen LogP contribution is -2.45. The maximum Gasteiger partial charge on any atom is 0.290 e. The summed E-state index contributed by atoms with van der Waals surface area (Å²) in [4.78, 5) is 29.1. The number of nitrogens with zero attached hydrogens (tertiary/aromatic N) is 1. The first kappa shape index (κ1) is 25.2. The van der Waals surface area contributed by atoms with Crippen molar-refractivity contribution in [1.82, 2.24) is 10.2 Å². The van der Waals surface area contributed by atoms with E-state index in [1.54, 1.807) is 51.7 Å². The first-order valence-electron chi connectivity index (χ1n) is 12.0. The molecule has 8 heteroatoms. The first-order valence-corrected chi connectivity index (χ1v) is 12.0. The van der Waals surface area contributed by atoms with Gasteiger partial charge in [-0.1, -0.05) is 31.0 Å². The average molecular weight is 493 g/mol. The van der Waals surface area contributed by atoms with E-state index in [1.807, 2.05) is 24.3 Å². The second-order valence-corrected chi connectivity index (χ2v) is 8.77. The number of carbonyl (C=O) groups is 2. The molecule has 3 aromatic rings. The number of amides is 2. The highest BCUT2D eigenvalue weighted by Gasteiger charge is 2.35. The Bertz CT molecular complexity index is 1150. The third-order valence-corrected chi connectivity index (χ3v) is 6.49. The molecule has 1 aliphatic carbocycles. The molecule has 1 saturated carbocycles. The molecule has 36 heavy (non-hydrogen) atoms. The lowest BCUT2D eigenvalue weighted by Gasteiger charge is -2.32. The van der Waals surface area contributed by atoms with Gasteiger partial charge in [-0.15, -0.1) is 0 Å². The largest absolute Gasteiger partial charge is 0.497 e. The van der Waals surface area contributed by atoms with Gasteiger partial charge in [-0.25, -0.2) is 0 Å². The predicted molar refractivity (Wildman–Crippen MR) is 134 cm³/mol. The van der Waals surface area contributed by atoms with E-state index >= 15 is 0 Å². The van der Waals surface area contributed by atoms with E-state index in [1.165, 1.54) is 11.2 Å². The van der Waals surface area contributed by atoms with Gasteiger partial charge in [0.1, 0.15) is 11.8 Å². The molecular formula is C28H32N2O6. The Morgan fingerprint density at radius 3 is 2.31 bits per heavy atom. The average Bonchev–Trinajstić information content (AvgIpc) is 3.63.